The van der Waals surface area contributed by atoms with Gasteiger partial charge < -0.3 is 5.11 Å². The Kier molecular flexibility index (Phi) is 3.04. The van der Waals surface area contributed by atoms with E-state index in [2.05, 4.69) is 0 Å². The summed E-state index contributed by atoms with van der Waals surface area (Å²) < 4.78 is 0. The molecule has 3 nitrogen and oxygen atoms in total. The standard InChI is InChI=1S/C13H15NO2/c1-8-5-6-11(10(3)9(8)2)13(4,7-14)12(15)16/h5-6H,1-4H3,(H,15,16). The largest absolute Gasteiger partial charge is 0.480 e. The topological polar surface area (TPSA) is 61.1 Å². The zero-order chi connectivity index (χ0) is 12.5. The number of carboxylic acids is 1. The van der Waals surface area contributed by atoms with E-state index in [1.807, 2.05) is 32.9 Å². The van der Waals surface area contributed by atoms with Crippen molar-refractivity contribution in [1.82, 2.24) is 0 Å². The zero-order valence-corrected chi connectivity index (χ0v) is 9.96. The van der Waals surface area contributed by atoms with Gasteiger partial charge in [0, 0.05) is 0 Å². The number of nitrogens with zero attached hydrogens (tertiary/aromatic N) is 1. The Hall–Kier alpha value is -1.82. The molecule has 0 bridgehead atoms. The molecule has 0 saturated heterocycles. The molecule has 0 aliphatic rings. The van der Waals surface area contributed by atoms with E-state index in [1.54, 1.807) is 6.07 Å². The van der Waals surface area contributed by atoms with Crippen molar-refractivity contribution in [2.24, 2.45) is 0 Å². The Labute approximate surface area is 95.3 Å². The molecule has 0 heterocycles. The molecule has 16 heavy (non-hydrogen) atoms. The van der Waals surface area contributed by atoms with E-state index in [1.165, 1.54) is 6.92 Å². The summed E-state index contributed by atoms with van der Waals surface area (Å²) in [4.78, 5) is 11.2. The van der Waals surface area contributed by atoms with E-state index in [-0.39, 0.29) is 0 Å². The first-order valence-corrected chi connectivity index (χ1v) is 5.06. The summed E-state index contributed by atoms with van der Waals surface area (Å²) in [5, 5.41) is 18.2. The van der Waals surface area contributed by atoms with Crippen molar-refractivity contribution >= 4 is 5.97 Å². The lowest BCUT2D eigenvalue weighted by molar-refractivity contribution is -0.141. The monoisotopic (exact) mass is 217 g/mol. The van der Waals surface area contributed by atoms with Crippen LogP contribution in [0.3, 0.4) is 0 Å². The fraction of sp³-hybridized carbons (Fsp3) is 0.385. The molecule has 1 atom stereocenters. The maximum Gasteiger partial charge on any atom is 0.328 e. The van der Waals surface area contributed by atoms with Gasteiger partial charge in [-0.1, -0.05) is 12.1 Å². The van der Waals surface area contributed by atoms with Gasteiger partial charge in [-0.3, -0.25) is 4.79 Å². The zero-order valence-electron chi connectivity index (χ0n) is 9.96. The summed E-state index contributed by atoms with van der Waals surface area (Å²) in [5.41, 5.74) is 2.13. The normalized spacial score (nSPS) is 13.9. The molecule has 1 aromatic carbocycles. The lowest BCUT2D eigenvalue weighted by atomic mass is 9.79. The summed E-state index contributed by atoms with van der Waals surface area (Å²) in [6.45, 7) is 7.20. The molecule has 0 saturated carbocycles. The molecule has 0 aliphatic carbocycles. The second-order valence-corrected chi connectivity index (χ2v) is 4.22. The molecule has 0 aliphatic heterocycles. The van der Waals surface area contributed by atoms with Gasteiger partial charge in [0.2, 0.25) is 0 Å². The van der Waals surface area contributed by atoms with Crippen molar-refractivity contribution in [2.75, 3.05) is 0 Å². The van der Waals surface area contributed by atoms with E-state index in [9.17, 15) is 4.79 Å². The Morgan fingerprint density at radius 3 is 2.31 bits per heavy atom. The summed E-state index contributed by atoms with van der Waals surface area (Å²) >= 11 is 0. The van der Waals surface area contributed by atoms with Crippen molar-refractivity contribution in [3.05, 3.63) is 34.4 Å². The summed E-state index contributed by atoms with van der Waals surface area (Å²) in [6, 6.07) is 5.47. The molecule has 0 aromatic heterocycles. The number of nitriles is 1. The van der Waals surface area contributed by atoms with Crippen LogP contribution in [-0.4, -0.2) is 11.1 Å². The fourth-order valence-electron chi connectivity index (χ4n) is 1.72. The second kappa shape index (κ2) is 3.97. The van der Waals surface area contributed by atoms with Crippen LogP contribution in [0.5, 0.6) is 0 Å². The minimum Gasteiger partial charge on any atom is -0.480 e. The molecule has 84 valence electrons. The van der Waals surface area contributed by atoms with Gasteiger partial charge in [-0.15, -0.1) is 0 Å². The molecular weight excluding hydrogens is 202 g/mol. The van der Waals surface area contributed by atoms with E-state index >= 15 is 0 Å². The maximum atomic E-state index is 11.2. The number of carboxylic acid groups (broad SMARTS) is 1. The predicted octanol–water partition coefficient (Wildman–Crippen LogP) is 2.48. The van der Waals surface area contributed by atoms with Crippen LogP contribution >= 0.6 is 0 Å². The minimum atomic E-state index is -1.47. The Morgan fingerprint density at radius 2 is 1.88 bits per heavy atom. The van der Waals surface area contributed by atoms with Crippen LogP contribution in [0.25, 0.3) is 0 Å². The third-order valence-corrected chi connectivity index (χ3v) is 3.25. The molecule has 0 radical (unpaired) electrons. The van der Waals surface area contributed by atoms with Crippen LogP contribution in [0.15, 0.2) is 12.1 Å². The van der Waals surface area contributed by atoms with Crippen molar-refractivity contribution in [3.8, 4) is 6.07 Å². The molecule has 1 rings (SSSR count). The molecule has 1 N–H and O–H groups in total. The summed E-state index contributed by atoms with van der Waals surface area (Å²) in [6.07, 6.45) is 0. The second-order valence-electron chi connectivity index (χ2n) is 4.22. The van der Waals surface area contributed by atoms with Crippen LogP contribution < -0.4 is 0 Å². The molecule has 1 unspecified atom stereocenters. The lowest BCUT2D eigenvalue weighted by Crippen LogP contribution is -2.31. The number of hydrogen-bond acceptors (Lipinski definition) is 2. The van der Waals surface area contributed by atoms with Gasteiger partial charge in [-0.2, -0.15) is 5.26 Å². The molecule has 1 aromatic rings. The third kappa shape index (κ3) is 1.67. The number of benzene rings is 1. The van der Waals surface area contributed by atoms with Crippen molar-refractivity contribution in [2.45, 2.75) is 33.1 Å². The van der Waals surface area contributed by atoms with Gasteiger partial charge in [0.05, 0.1) is 6.07 Å². The summed E-state index contributed by atoms with van der Waals surface area (Å²) in [5.74, 6) is -1.11. The van der Waals surface area contributed by atoms with Crippen LogP contribution in [0.1, 0.15) is 29.2 Å². The number of hydrogen-bond donors (Lipinski definition) is 1. The van der Waals surface area contributed by atoms with Crippen molar-refractivity contribution < 1.29 is 9.90 Å². The minimum absolute atomic E-state index is 0.575. The number of rotatable bonds is 2. The quantitative estimate of drug-likeness (QED) is 0.827. The Bertz CT molecular complexity index is 485. The predicted molar refractivity (Wildman–Crippen MR) is 61.3 cm³/mol. The number of aliphatic carboxylic acids is 1. The molecular formula is C13H15NO2. The van der Waals surface area contributed by atoms with Gasteiger partial charge in [-0.05, 0) is 49.9 Å². The number of carbonyl (C=O) groups is 1. The first-order valence-electron chi connectivity index (χ1n) is 5.06. The maximum absolute atomic E-state index is 11.2. The lowest BCUT2D eigenvalue weighted by Gasteiger charge is -2.21. The van der Waals surface area contributed by atoms with Gasteiger partial charge in [0.25, 0.3) is 0 Å². The molecule has 3 heteroatoms. The average molecular weight is 217 g/mol. The van der Waals surface area contributed by atoms with Crippen molar-refractivity contribution in [1.29, 1.82) is 5.26 Å². The Morgan fingerprint density at radius 1 is 1.31 bits per heavy atom. The van der Waals surface area contributed by atoms with Crippen LogP contribution in [0.4, 0.5) is 0 Å². The highest BCUT2D eigenvalue weighted by molar-refractivity contribution is 5.85. The van der Waals surface area contributed by atoms with E-state index in [4.69, 9.17) is 10.4 Å². The van der Waals surface area contributed by atoms with E-state index < -0.39 is 11.4 Å². The fourth-order valence-corrected chi connectivity index (χ4v) is 1.72. The highest BCUT2D eigenvalue weighted by Crippen LogP contribution is 2.29. The van der Waals surface area contributed by atoms with Crippen molar-refractivity contribution in [3.63, 3.8) is 0 Å². The summed E-state index contributed by atoms with van der Waals surface area (Å²) in [7, 11) is 0. The van der Waals surface area contributed by atoms with E-state index in [0.29, 0.717) is 5.56 Å². The highest BCUT2D eigenvalue weighted by Gasteiger charge is 2.37. The van der Waals surface area contributed by atoms with Gasteiger partial charge in [-0.25, -0.2) is 0 Å². The van der Waals surface area contributed by atoms with E-state index in [0.717, 1.165) is 16.7 Å². The molecule has 0 spiro atoms. The van der Waals surface area contributed by atoms with Gasteiger partial charge >= 0.3 is 5.97 Å². The van der Waals surface area contributed by atoms with Crippen LogP contribution in [-0.2, 0) is 10.2 Å². The average Bonchev–Trinajstić information content (AvgIpc) is 2.25. The third-order valence-electron chi connectivity index (χ3n) is 3.25. The molecule has 0 amide bonds. The highest BCUT2D eigenvalue weighted by atomic mass is 16.4. The Balaban J connectivity index is 3.52. The molecule has 0 fully saturated rings. The van der Waals surface area contributed by atoms with Crippen LogP contribution in [0.2, 0.25) is 0 Å². The first-order chi connectivity index (χ1) is 7.34. The first kappa shape index (κ1) is 12.3. The van der Waals surface area contributed by atoms with Crippen LogP contribution in [0, 0.1) is 32.1 Å². The van der Waals surface area contributed by atoms with Gasteiger partial charge in [0.1, 0.15) is 0 Å². The van der Waals surface area contributed by atoms with Gasteiger partial charge in [0.15, 0.2) is 5.41 Å². The smallest absolute Gasteiger partial charge is 0.328 e. The SMILES string of the molecule is Cc1ccc(C(C)(C#N)C(=O)O)c(C)c1C. The number of aryl methyl sites for hydroxylation is 1.